The van der Waals surface area contributed by atoms with E-state index < -0.39 is 0 Å². The SMILES string of the molecule is CC1CC(OCc2cc(CNC3CC3)no2)CC(C)O1. The van der Waals surface area contributed by atoms with Gasteiger partial charge in [0, 0.05) is 18.7 Å². The summed E-state index contributed by atoms with van der Waals surface area (Å²) in [7, 11) is 0. The normalized spacial score (nSPS) is 30.6. The molecule has 3 rings (SSSR count). The maximum absolute atomic E-state index is 5.93. The van der Waals surface area contributed by atoms with E-state index in [1.807, 2.05) is 6.07 Å². The highest BCUT2D eigenvalue weighted by Gasteiger charge is 2.25. The van der Waals surface area contributed by atoms with Gasteiger partial charge in [0.05, 0.1) is 24.0 Å². The Morgan fingerprint density at radius 2 is 2.05 bits per heavy atom. The van der Waals surface area contributed by atoms with Gasteiger partial charge in [0.1, 0.15) is 6.61 Å². The standard InChI is InChI=1S/C15H24N2O3/c1-10-5-14(6-11(2)19-10)18-9-15-7-13(17-20-15)8-16-12-3-4-12/h7,10-12,14,16H,3-6,8-9H2,1-2H3. The molecule has 2 heterocycles. The first kappa shape index (κ1) is 14.0. The van der Waals surface area contributed by atoms with Crippen LogP contribution in [0.1, 0.15) is 51.0 Å². The molecule has 2 atom stereocenters. The summed E-state index contributed by atoms with van der Waals surface area (Å²) < 4.78 is 17.0. The zero-order valence-corrected chi connectivity index (χ0v) is 12.3. The Morgan fingerprint density at radius 1 is 1.30 bits per heavy atom. The third-order valence-corrected chi connectivity index (χ3v) is 3.87. The lowest BCUT2D eigenvalue weighted by molar-refractivity contribution is -0.108. The van der Waals surface area contributed by atoms with E-state index in [0.717, 1.165) is 30.8 Å². The molecule has 0 spiro atoms. The second kappa shape index (κ2) is 6.24. The van der Waals surface area contributed by atoms with E-state index in [2.05, 4.69) is 24.3 Å². The van der Waals surface area contributed by atoms with Crippen molar-refractivity contribution in [3.05, 3.63) is 17.5 Å². The molecule has 2 fully saturated rings. The molecule has 5 nitrogen and oxygen atoms in total. The molecule has 1 N–H and O–H groups in total. The topological polar surface area (TPSA) is 56.5 Å². The van der Waals surface area contributed by atoms with E-state index >= 15 is 0 Å². The minimum absolute atomic E-state index is 0.256. The van der Waals surface area contributed by atoms with Crippen molar-refractivity contribution in [1.82, 2.24) is 10.5 Å². The Labute approximate surface area is 120 Å². The average Bonchev–Trinajstić information content (AvgIpc) is 3.12. The first-order chi connectivity index (χ1) is 9.69. The van der Waals surface area contributed by atoms with Crippen LogP contribution in [-0.4, -0.2) is 29.5 Å². The summed E-state index contributed by atoms with van der Waals surface area (Å²) in [6.45, 7) is 5.49. The zero-order valence-electron chi connectivity index (χ0n) is 12.3. The van der Waals surface area contributed by atoms with Crippen molar-refractivity contribution in [1.29, 1.82) is 0 Å². The van der Waals surface area contributed by atoms with E-state index in [4.69, 9.17) is 14.0 Å². The highest BCUT2D eigenvalue weighted by atomic mass is 16.5. The van der Waals surface area contributed by atoms with Crippen LogP contribution in [0.2, 0.25) is 0 Å². The van der Waals surface area contributed by atoms with E-state index in [1.165, 1.54) is 12.8 Å². The lowest BCUT2D eigenvalue weighted by Crippen LogP contribution is -2.33. The molecular formula is C15H24N2O3. The third-order valence-electron chi connectivity index (χ3n) is 3.87. The van der Waals surface area contributed by atoms with Crippen LogP contribution >= 0.6 is 0 Å². The molecule has 112 valence electrons. The van der Waals surface area contributed by atoms with Crippen molar-refractivity contribution in [3.8, 4) is 0 Å². The number of rotatable bonds is 6. The predicted octanol–water partition coefficient (Wildman–Crippen LogP) is 2.40. The summed E-state index contributed by atoms with van der Waals surface area (Å²) in [5.74, 6) is 0.810. The van der Waals surface area contributed by atoms with Crippen molar-refractivity contribution < 1.29 is 14.0 Å². The molecule has 0 bridgehead atoms. The van der Waals surface area contributed by atoms with E-state index in [1.54, 1.807) is 0 Å². The maximum atomic E-state index is 5.93. The van der Waals surface area contributed by atoms with Gasteiger partial charge in [-0.15, -0.1) is 0 Å². The Balaban J connectivity index is 1.43. The van der Waals surface area contributed by atoms with Gasteiger partial charge in [-0.1, -0.05) is 5.16 Å². The molecule has 20 heavy (non-hydrogen) atoms. The molecule has 0 radical (unpaired) electrons. The number of aromatic nitrogens is 1. The van der Waals surface area contributed by atoms with Gasteiger partial charge in [-0.05, 0) is 39.5 Å². The molecule has 5 heteroatoms. The molecule has 1 aliphatic carbocycles. The molecule has 1 saturated carbocycles. The Bertz CT molecular complexity index is 421. The van der Waals surface area contributed by atoms with Crippen LogP contribution < -0.4 is 5.32 Å². The van der Waals surface area contributed by atoms with Crippen LogP contribution in [0, 0.1) is 0 Å². The Morgan fingerprint density at radius 3 is 2.75 bits per heavy atom. The average molecular weight is 280 g/mol. The van der Waals surface area contributed by atoms with Gasteiger partial charge in [-0.3, -0.25) is 0 Å². The summed E-state index contributed by atoms with van der Waals surface area (Å²) >= 11 is 0. The monoisotopic (exact) mass is 280 g/mol. The molecule has 0 aromatic carbocycles. The summed E-state index contributed by atoms with van der Waals surface area (Å²) in [5.41, 5.74) is 0.962. The highest BCUT2D eigenvalue weighted by Crippen LogP contribution is 2.23. The quantitative estimate of drug-likeness (QED) is 0.867. The van der Waals surface area contributed by atoms with Crippen molar-refractivity contribution >= 4 is 0 Å². The number of nitrogens with one attached hydrogen (secondary N) is 1. The fourth-order valence-corrected chi connectivity index (χ4v) is 2.72. The van der Waals surface area contributed by atoms with Crippen LogP contribution in [0.3, 0.4) is 0 Å². The molecule has 0 amide bonds. The largest absolute Gasteiger partial charge is 0.375 e. The first-order valence-electron chi connectivity index (χ1n) is 7.64. The fraction of sp³-hybridized carbons (Fsp3) is 0.800. The van der Waals surface area contributed by atoms with Crippen LogP contribution in [-0.2, 0) is 22.6 Å². The minimum Gasteiger partial charge on any atom is -0.375 e. The van der Waals surface area contributed by atoms with E-state index in [-0.39, 0.29) is 18.3 Å². The number of ether oxygens (including phenoxy) is 2. The van der Waals surface area contributed by atoms with Gasteiger partial charge in [-0.25, -0.2) is 0 Å². The van der Waals surface area contributed by atoms with Crippen molar-refractivity contribution in [3.63, 3.8) is 0 Å². The lowest BCUT2D eigenvalue weighted by Gasteiger charge is -2.31. The van der Waals surface area contributed by atoms with Crippen molar-refractivity contribution in [2.75, 3.05) is 0 Å². The summed E-state index contributed by atoms with van der Waals surface area (Å²) in [6, 6.07) is 2.68. The Kier molecular flexibility index (Phi) is 4.38. The van der Waals surface area contributed by atoms with Gasteiger partial charge < -0.3 is 19.3 Å². The van der Waals surface area contributed by atoms with E-state index in [0.29, 0.717) is 12.6 Å². The number of hydrogen-bond donors (Lipinski definition) is 1. The molecule has 1 aromatic heterocycles. The van der Waals surface area contributed by atoms with Gasteiger partial charge in [0.15, 0.2) is 5.76 Å². The van der Waals surface area contributed by atoms with Crippen molar-refractivity contribution in [2.45, 2.75) is 77.0 Å². The molecule has 1 aromatic rings. The highest BCUT2D eigenvalue weighted by molar-refractivity contribution is 5.05. The third kappa shape index (κ3) is 4.04. The predicted molar refractivity (Wildman–Crippen MR) is 74.2 cm³/mol. The molecule has 2 aliphatic rings. The van der Waals surface area contributed by atoms with Gasteiger partial charge in [0.2, 0.25) is 0 Å². The summed E-state index contributed by atoms with van der Waals surface area (Å²) in [5, 5.41) is 7.49. The molecule has 1 saturated heterocycles. The van der Waals surface area contributed by atoms with Gasteiger partial charge >= 0.3 is 0 Å². The van der Waals surface area contributed by atoms with Crippen LogP contribution in [0.5, 0.6) is 0 Å². The fourth-order valence-electron chi connectivity index (χ4n) is 2.72. The number of nitrogens with zero attached hydrogens (tertiary/aromatic N) is 1. The minimum atomic E-state index is 0.256. The van der Waals surface area contributed by atoms with Crippen LogP contribution in [0.25, 0.3) is 0 Å². The van der Waals surface area contributed by atoms with E-state index in [9.17, 15) is 0 Å². The zero-order chi connectivity index (χ0) is 13.9. The first-order valence-corrected chi connectivity index (χ1v) is 7.64. The summed E-state index contributed by atoms with van der Waals surface area (Å²) in [4.78, 5) is 0. The molecule has 2 unspecified atom stereocenters. The second-order valence-electron chi connectivity index (χ2n) is 6.10. The molecular weight excluding hydrogens is 256 g/mol. The molecule has 1 aliphatic heterocycles. The summed E-state index contributed by atoms with van der Waals surface area (Å²) in [6.07, 6.45) is 5.28. The number of hydrogen-bond acceptors (Lipinski definition) is 5. The second-order valence-corrected chi connectivity index (χ2v) is 6.10. The van der Waals surface area contributed by atoms with Gasteiger partial charge in [0.25, 0.3) is 0 Å². The smallest absolute Gasteiger partial charge is 0.162 e. The van der Waals surface area contributed by atoms with Gasteiger partial charge in [-0.2, -0.15) is 0 Å². The lowest BCUT2D eigenvalue weighted by atomic mass is 10.0. The maximum Gasteiger partial charge on any atom is 0.162 e. The van der Waals surface area contributed by atoms with Crippen molar-refractivity contribution in [2.24, 2.45) is 0 Å². The van der Waals surface area contributed by atoms with Crippen LogP contribution in [0.15, 0.2) is 10.6 Å². The Hall–Kier alpha value is -0.910. The van der Waals surface area contributed by atoms with Crippen LogP contribution in [0.4, 0.5) is 0 Å².